The van der Waals surface area contributed by atoms with E-state index in [0.717, 1.165) is 0 Å². The number of hydrogen-bond acceptors (Lipinski definition) is 8. The van der Waals surface area contributed by atoms with Crippen molar-refractivity contribution in [3.63, 3.8) is 0 Å². The number of allylic oxidation sites excluding steroid dienone is 1. The number of furan rings is 1. The van der Waals surface area contributed by atoms with E-state index in [-0.39, 0.29) is 11.5 Å². The van der Waals surface area contributed by atoms with E-state index < -0.39 is 12.0 Å². The maximum Gasteiger partial charge on any atom is 0.337 e. The lowest BCUT2D eigenvalue weighted by molar-refractivity contribution is -0.113. The number of amides is 1. The Hall–Kier alpha value is -5.48. The minimum Gasteiger partial charge on any atom is -0.497 e. The fraction of sp³-hybridized carbons (Fsp3) is 0.118. The molecule has 1 N–H and O–H groups in total. The van der Waals surface area contributed by atoms with E-state index in [1.165, 1.54) is 18.4 Å². The number of para-hydroxylation sites is 1. The molecule has 3 heterocycles. The van der Waals surface area contributed by atoms with Crippen molar-refractivity contribution < 1.29 is 23.5 Å². The summed E-state index contributed by atoms with van der Waals surface area (Å²) in [6.07, 6.45) is 1.66. The number of carbonyl (C=O) groups excluding carboxylic acids is 2. The topological polar surface area (TPSA) is 112 Å². The highest BCUT2D eigenvalue weighted by Gasteiger charge is 2.33. The molecule has 1 aliphatic rings. The van der Waals surface area contributed by atoms with Crippen LogP contribution in [0.1, 0.15) is 34.6 Å². The van der Waals surface area contributed by atoms with Crippen LogP contribution in [0.25, 0.3) is 17.4 Å². The van der Waals surface area contributed by atoms with Gasteiger partial charge in [-0.2, -0.15) is 0 Å². The summed E-state index contributed by atoms with van der Waals surface area (Å²) in [5, 5.41) is 2.95. The van der Waals surface area contributed by atoms with Crippen molar-refractivity contribution in [2.45, 2.75) is 13.0 Å². The second-order valence-electron chi connectivity index (χ2n) is 9.95. The lowest BCUT2D eigenvalue weighted by atomic mass is 9.95. The fourth-order valence-electron chi connectivity index (χ4n) is 5.09. The van der Waals surface area contributed by atoms with Gasteiger partial charge in [-0.15, -0.1) is 0 Å². The zero-order valence-corrected chi connectivity index (χ0v) is 24.9. The van der Waals surface area contributed by atoms with E-state index in [0.29, 0.717) is 60.3 Å². The number of rotatable bonds is 7. The van der Waals surface area contributed by atoms with Gasteiger partial charge >= 0.3 is 5.97 Å². The van der Waals surface area contributed by atoms with Gasteiger partial charge in [-0.25, -0.2) is 9.79 Å². The molecule has 44 heavy (non-hydrogen) atoms. The SMILES string of the molecule is COC(=O)c1cccc(-c2ccc(/C=c3\sc4n(c3=O)C(c3cccc(OC)c3)C(C(=O)Nc3ccccc3)=C(C)N=4)o2)c1. The number of methoxy groups -OCH3 is 2. The third kappa shape index (κ3) is 5.50. The van der Waals surface area contributed by atoms with Crippen molar-refractivity contribution in [1.82, 2.24) is 4.57 Å². The number of nitrogens with one attached hydrogen (secondary N) is 1. The summed E-state index contributed by atoms with van der Waals surface area (Å²) in [7, 11) is 2.90. The Morgan fingerprint density at radius 3 is 2.55 bits per heavy atom. The first-order valence-corrected chi connectivity index (χ1v) is 14.5. The average molecular weight is 606 g/mol. The molecule has 5 aromatic rings. The molecule has 0 bridgehead atoms. The molecular formula is C34H27N3O6S. The molecule has 3 aromatic carbocycles. The second kappa shape index (κ2) is 12.0. The van der Waals surface area contributed by atoms with E-state index >= 15 is 0 Å². The van der Waals surface area contributed by atoms with Crippen LogP contribution in [-0.4, -0.2) is 30.7 Å². The monoisotopic (exact) mass is 605 g/mol. The van der Waals surface area contributed by atoms with Crippen LogP contribution in [0.3, 0.4) is 0 Å². The maximum atomic E-state index is 14.0. The van der Waals surface area contributed by atoms with Gasteiger partial charge < -0.3 is 19.2 Å². The van der Waals surface area contributed by atoms with Crippen LogP contribution in [0.4, 0.5) is 5.69 Å². The number of thiazole rings is 1. The summed E-state index contributed by atoms with van der Waals surface area (Å²) in [6, 6.07) is 26.1. The predicted octanol–water partition coefficient (Wildman–Crippen LogP) is 4.93. The van der Waals surface area contributed by atoms with Gasteiger partial charge in [0.25, 0.3) is 11.5 Å². The molecule has 1 unspecified atom stereocenters. The Morgan fingerprint density at radius 1 is 0.977 bits per heavy atom. The summed E-state index contributed by atoms with van der Waals surface area (Å²) in [6.45, 7) is 1.77. The summed E-state index contributed by atoms with van der Waals surface area (Å²) in [4.78, 5) is 44.9. The molecule has 1 amide bonds. The molecule has 0 spiro atoms. The van der Waals surface area contributed by atoms with Crippen LogP contribution < -0.4 is 24.9 Å². The molecule has 9 nitrogen and oxygen atoms in total. The molecule has 2 aromatic heterocycles. The van der Waals surface area contributed by atoms with Gasteiger partial charge in [0.2, 0.25) is 0 Å². The first-order valence-electron chi connectivity index (χ1n) is 13.7. The van der Waals surface area contributed by atoms with Crippen molar-refractivity contribution in [2.24, 2.45) is 4.99 Å². The average Bonchev–Trinajstić information content (AvgIpc) is 3.64. The Kier molecular flexibility index (Phi) is 7.82. The second-order valence-corrected chi connectivity index (χ2v) is 11.0. The van der Waals surface area contributed by atoms with Crippen LogP contribution in [0.15, 0.2) is 116 Å². The molecule has 220 valence electrons. The minimum atomic E-state index is -0.750. The van der Waals surface area contributed by atoms with Gasteiger partial charge in [-0.3, -0.25) is 14.2 Å². The lowest BCUT2D eigenvalue weighted by Gasteiger charge is -2.25. The summed E-state index contributed by atoms with van der Waals surface area (Å²) in [5.41, 5.74) is 2.97. The number of aromatic nitrogens is 1. The van der Waals surface area contributed by atoms with Gasteiger partial charge in [-0.1, -0.05) is 53.8 Å². The van der Waals surface area contributed by atoms with Gasteiger partial charge in [0.05, 0.1) is 41.6 Å². The molecule has 1 atom stereocenters. The lowest BCUT2D eigenvalue weighted by Crippen LogP contribution is -2.40. The Labute approximate surface area is 256 Å². The summed E-state index contributed by atoms with van der Waals surface area (Å²) < 4.78 is 18.3. The number of benzene rings is 3. The van der Waals surface area contributed by atoms with E-state index in [1.54, 1.807) is 67.1 Å². The molecule has 0 saturated heterocycles. The van der Waals surface area contributed by atoms with Crippen molar-refractivity contribution in [1.29, 1.82) is 0 Å². The largest absolute Gasteiger partial charge is 0.497 e. The zero-order chi connectivity index (χ0) is 30.8. The normalized spacial score (nSPS) is 14.5. The first-order chi connectivity index (χ1) is 21.4. The Bertz CT molecular complexity index is 2110. The highest BCUT2D eigenvalue weighted by atomic mass is 32.1. The molecule has 0 radical (unpaired) electrons. The van der Waals surface area contributed by atoms with Gasteiger partial charge in [0.1, 0.15) is 17.3 Å². The van der Waals surface area contributed by atoms with Crippen LogP contribution in [0.2, 0.25) is 0 Å². The molecule has 6 rings (SSSR count). The highest BCUT2D eigenvalue weighted by Crippen LogP contribution is 2.32. The smallest absolute Gasteiger partial charge is 0.337 e. The number of esters is 1. The number of fused-ring (bicyclic) bond motifs is 1. The summed E-state index contributed by atoms with van der Waals surface area (Å²) >= 11 is 1.21. The van der Waals surface area contributed by atoms with Crippen molar-refractivity contribution in [3.05, 3.63) is 139 Å². The van der Waals surface area contributed by atoms with Gasteiger partial charge in [0, 0.05) is 17.3 Å². The number of nitrogens with zero attached hydrogens (tertiary/aromatic N) is 2. The molecule has 0 saturated carbocycles. The third-order valence-corrected chi connectivity index (χ3v) is 8.16. The van der Waals surface area contributed by atoms with Crippen LogP contribution in [-0.2, 0) is 9.53 Å². The highest BCUT2D eigenvalue weighted by molar-refractivity contribution is 7.07. The molecule has 0 aliphatic carbocycles. The zero-order valence-electron chi connectivity index (χ0n) is 24.1. The Balaban J connectivity index is 1.43. The number of ether oxygens (including phenoxy) is 2. The van der Waals surface area contributed by atoms with E-state index in [9.17, 15) is 14.4 Å². The van der Waals surface area contributed by atoms with Crippen molar-refractivity contribution in [2.75, 3.05) is 19.5 Å². The Morgan fingerprint density at radius 2 is 1.77 bits per heavy atom. The van der Waals surface area contributed by atoms with Crippen LogP contribution in [0.5, 0.6) is 5.75 Å². The minimum absolute atomic E-state index is 0.315. The van der Waals surface area contributed by atoms with E-state index in [1.807, 2.05) is 48.5 Å². The maximum absolute atomic E-state index is 14.0. The van der Waals surface area contributed by atoms with E-state index in [2.05, 4.69) is 5.32 Å². The molecule has 0 fully saturated rings. The quantitative estimate of drug-likeness (QED) is 0.264. The third-order valence-electron chi connectivity index (χ3n) is 7.18. The molecule has 1 aliphatic heterocycles. The standard InChI is InChI=1S/C34H27N3O6S/c1-20-29(31(38)36-24-12-5-4-6-13-24)30(22-10-8-14-25(18-22)41-2)37-32(39)28(44-34(37)35-20)19-26-15-16-27(43-26)21-9-7-11-23(17-21)33(40)42-3/h4-19,30H,1-3H3,(H,36,38)/b28-19-. The van der Waals surface area contributed by atoms with Gasteiger partial charge in [0.15, 0.2) is 4.80 Å². The number of carbonyl (C=O) groups is 2. The molecular weight excluding hydrogens is 578 g/mol. The van der Waals surface area contributed by atoms with E-state index in [4.69, 9.17) is 18.9 Å². The fourth-order valence-corrected chi connectivity index (χ4v) is 6.12. The number of anilines is 1. The predicted molar refractivity (Wildman–Crippen MR) is 167 cm³/mol. The van der Waals surface area contributed by atoms with Crippen LogP contribution in [0, 0.1) is 0 Å². The van der Waals surface area contributed by atoms with Gasteiger partial charge in [-0.05, 0) is 61.0 Å². The number of hydrogen-bond donors (Lipinski definition) is 1. The van der Waals surface area contributed by atoms with Crippen LogP contribution >= 0.6 is 11.3 Å². The first kappa shape index (κ1) is 28.6. The van der Waals surface area contributed by atoms with Crippen molar-refractivity contribution >= 4 is 35.0 Å². The van der Waals surface area contributed by atoms with Crippen molar-refractivity contribution in [3.8, 4) is 17.1 Å². The summed E-state index contributed by atoms with van der Waals surface area (Å²) in [5.74, 6) is 0.771. The molecule has 10 heteroatoms.